The number of nitrogens with zero attached hydrogens (tertiary/aromatic N) is 3. The van der Waals surface area contributed by atoms with Crippen molar-refractivity contribution in [3.63, 3.8) is 0 Å². The van der Waals surface area contributed by atoms with Crippen LogP contribution in [0.15, 0.2) is 12.3 Å². The maximum Gasteiger partial charge on any atom is 0.417 e. The van der Waals surface area contributed by atoms with Crippen molar-refractivity contribution in [2.24, 2.45) is 5.92 Å². The van der Waals surface area contributed by atoms with Gasteiger partial charge in [-0.15, -0.1) is 0 Å². The zero-order valence-corrected chi connectivity index (χ0v) is 15.7. The first-order valence-electron chi connectivity index (χ1n) is 8.63. The summed E-state index contributed by atoms with van der Waals surface area (Å²) in [6.45, 7) is 7.54. The number of aromatic nitrogens is 1. The lowest BCUT2D eigenvalue weighted by atomic mass is 10.1. The smallest absolute Gasteiger partial charge is 0.355 e. The molecule has 0 aliphatic carbocycles. The number of halogens is 4. The van der Waals surface area contributed by atoms with Crippen molar-refractivity contribution in [2.45, 2.75) is 26.4 Å². The molecule has 146 valence electrons. The first kappa shape index (κ1) is 20.8. The fraction of sp³-hybridized carbons (Fsp3) is 0.647. The number of nitrogens with one attached hydrogen (secondary N) is 1. The standard InChI is InChI=1S/C17H24ClF3N4O/c1-12(2)3-4-22-15(26)11-24-5-7-25(8-6-24)16-14(18)9-13(10-23-16)17(19,20)21/h9-10,12H,3-8,11H2,1-2H3,(H,22,26). The highest BCUT2D eigenvalue weighted by Crippen LogP contribution is 2.33. The van der Waals surface area contributed by atoms with Crippen LogP contribution in [0, 0.1) is 5.92 Å². The van der Waals surface area contributed by atoms with Crippen LogP contribution in [-0.2, 0) is 11.0 Å². The van der Waals surface area contributed by atoms with Gasteiger partial charge < -0.3 is 10.2 Å². The van der Waals surface area contributed by atoms with Gasteiger partial charge in [0.15, 0.2) is 0 Å². The Bertz CT molecular complexity index is 617. The number of alkyl halides is 3. The number of carbonyl (C=O) groups is 1. The molecule has 0 atom stereocenters. The Kier molecular flexibility index (Phi) is 7.11. The fourth-order valence-corrected chi connectivity index (χ4v) is 2.98. The molecular formula is C17H24ClF3N4O. The van der Waals surface area contributed by atoms with Gasteiger partial charge in [-0.1, -0.05) is 25.4 Å². The van der Waals surface area contributed by atoms with E-state index < -0.39 is 11.7 Å². The lowest BCUT2D eigenvalue weighted by molar-refractivity contribution is -0.137. The highest BCUT2D eigenvalue weighted by molar-refractivity contribution is 6.33. The molecule has 0 unspecified atom stereocenters. The molecule has 1 aromatic heterocycles. The maximum absolute atomic E-state index is 12.7. The van der Waals surface area contributed by atoms with Crippen molar-refractivity contribution in [3.8, 4) is 0 Å². The Labute approximate surface area is 156 Å². The van der Waals surface area contributed by atoms with Gasteiger partial charge in [0.05, 0.1) is 17.1 Å². The molecule has 0 saturated carbocycles. The summed E-state index contributed by atoms with van der Waals surface area (Å²) in [6, 6.07) is 0.901. The Morgan fingerprint density at radius 2 is 1.96 bits per heavy atom. The summed E-state index contributed by atoms with van der Waals surface area (Å²) in [7, 11) is 0. The van der Waals surface area contributed by atoms with E-state index in [-0.39, 0.29) is 10.9 Å². The van der Waals surface area contributed by atoms with Gasteiger partial charge >= 0.3 is 6.18 Å². The third kappa shape index (κ3) is 6.02. The van der Waals surface area contributed by atoms with E-state index in [1.807, 2.05) is 9.80 Å². The molecule has 1 aromatic rings. The molecule has 1 aliphatic heterocycles. The van der Waals surface area contributed by atoms with E-state index >= 15 is 0 Å². The first-order valence-corrected chi connectivity index (χ1v) is 9.01. The first-order chi connectivity index (χ1) is 12.2. The molecule has 0 radical (unpaired) electrons. The molecule has 2 rings (SSSR count). The third-order valence-electron chi connectivity index (χ3n) is 4.23. The van der Waals surface area contributed by atoms with Crippen molar-refractivity contribution < 1.29 is 18.0 Å². The number of pyridine rings is 1. The number of piperazine rings is 1. The quantitative estimate of drug-likeness (QED) is 0.808. The minimum Gasteiger partial charge on any atom is -0.355 e. The predicted molar refractivity (Wildman–Crippen MR) is 95.4 cm³/mol. The highest BCUT2D eigenvalue weighted by atomic mass is 35.5. The van der Waals surface area contributed by atoms with Crippen molar-refractivity contribution in [1.29, 1.82) is 0 Å². The van der Waals surface area contributed by atoms with Crippen LogP contribution in [0.2, 0.25) is 5.02 Å². The van der Waals surface area contributed by atoms with Gasteiger partial charge in [0.25, 0.3) is 0 Å². The minimum atomic E-state index is -4.46. The molecule has 9 heteroatoms. The summed E-state index contributed by atoms with van der Waals surface area (Å²) in [4.78, 5) is 19.7. The van der Waals surface area contributed by atoms with E-state index in [2.05, 4.69) is 24.1 Å². The average Bonchev–Trinajstić information content (AvgIpc) is 2.54. The summed E-state index contributed by atoms with van der Waals surface area (Å²) in [5.41, 5.74) is -0.858. The Morgan fingerprint density at radius 3 is 2.50 bits per heavy atom. The summed E-state index contributed by atoms with van der Waals surface area (Å²) in [5.74, 6) is 0.880. The molecule has 1 saturated heterocycles. The fourth-order valence-electron chi connectivity index (χ4n) is 2.70. The summed E-state index contributed by atoms with van der Waals surface area (Å²) < 4.78 is 38.1. The van der Waals surface area contributed by atoms with E-state index in [0.717, 1.165) is 18.7 Å². The number of hydrogen-bond acceptors (Lipinski definition) is 4. The van der Waals surface area contributed by atoms with Gasteiger partial charge in [-0.2, -0.15) is 13.2 Å². The Morgan fingerprint density at radius 1 is 1.31 bits per heavy atom. The summed E-state index contributed by atoms with van der Waals surface area (Å²) >= 11 is 5.99. The van der Waals surface area contributed by atoms with Crippen molar-refractivity contribution in [1.82, 2.24) is 15.2 Å². The van der Waals surface area contributed by atoms with Gasteiger partial charge in [0.1, 0.15) is 5.82 Å². The van der Waals surface area contributed by atoms with Gasteiger partial charge in [0.2, 0.25) is 5.91 Å². The molecule has 0 bridgehead atoms. The Balaban J connectivity index is 1.84. The van der Waals surface area contributed by atoms with Gasteiger partial charge in [-0.05, 0) is 18.4 Å². The Hall–Kier alpha value is -1.54. The molecule has 26 heavy (non-hydrogen) atoms. The topological polar surface area (TPSA) is 48.5 Å². The van der Waals surface area contributed by atoms with E-state index in [1.54, 1.807) is 0 Å². The molecule has 0 spiro atoms. The van der Waals surface area contributed by atoms with Gasteiger partial charge in [0, 0.05) is 38.9 Å². The van der Waals surface area contributed by atoms with Crippen LogP contribution < -0.4 is 10.2 Å². The number of amides is 1. The molecule has 1 N–H and O–H groups in total. The average molecular weight is 393 g/mol. The lowest BCUT2D eigenvalue weighted by Crippen LogP contribution is -2.50. The van der Waals surface area contributed by atoms with Gasteiger partial charge in [-0.25, -0.2) is 4.98 Å². The normalized spacial score (nSPS) is 16.2. The summed E-state index contributed by atoms with van der Waals surface area (Å²) in [6.07, 6.45) is -2.72. The predicted octanol–water partition coefficient (Wildman–Crippen LogP) is 3.04. The maximum atomic E-state index is 12.7. The number of hydrogen-bond donors (Lipinski definition) is 1. The van der Waals surface area contributed by atoms with Crippen LogP contribution in [0.4, 0.5) is 19.0 Å². The molecule has 5 nitrogen and oxygen atoms in total. The zero-order chi connectivity index (χ0) is 19.3. The lowest BCUT2D eigenvalue weighted by Gasteiger charge is -2.35. The molecule has 2 heterocycles. The van der Waals surface area contributed by atoms with Crippen LogP contribution in [0.3, 0.4) is 0 Å². The second-order valence-corrected chi connectivity index (χ2v) is 7.23. The van der Waals surface area contributed by atoms with Crippen LogP contribution in [0.25, 0.3) is 0 Å². The third-order valence-corrected chi connectivity index (χ3v) is 4.51. The van der Waals surface area contributed by atoms with E-state index in [1.165, 1.54) is 0 Å². The molecule has 1 aliphatic rings. The number of anilines is 1. The zero-order valence-electron chi connectivity index (χ0n) is 14.9. The van der Waals surface area contributed by atoms with Crippen LogP contribution in [-0.4, -0.2) is 55.1 Å². The molecule has 0 aromatic carbocycles. The number of rotatable bonds is 6. The second-order valence-electron chi connectivity index (χ2n) is 6.82. The van der Waals surface area contributed by atoms with Crippen molar-refractivity contribution >= 4 is 23.3 Å². The minimum absolute atomic E-state index is 0.00946. The van der Waals surface area contributed by atoms with Crippen LogP contribution in [0.1, 0.15) is 25.8 Å². The van der Waals surface area contributed by atoms with Crippen LogP contribution in [0.5, 0.6) is 0 Å². The van der Waals surface area contributed by atoms with E-state index in [4.69, 9.17) is 11.6 Å². The van der Waals surface area contributed by atoms with Crippen molar-refractivity contribution in [3.05, 3.63) is 22.8 Å². The van der Waals surface area contributed by atoms with Crippen LogP contribution >= 0.6 is 11.6 Å². The number of carbonyl (C=O) groups excluding carboxylic acids is 1. The molecule has 1 fully saturated rings. The SMILES string of the molecule is CC(C)CCNC(=O)CN1CCN(c2ncc(C(F)(F)F)cc2Cl)CC1. The van der Waals surface area contributed by atoms with E-state index in [9.17, 15) is 18.0 Å². The molecule has 1 amide bonds. The van der Waals surface area contributed by atoms with Crippen molar-refractivity contribution in [2.75, 3.05) is 44.2 Å². The van der Waals surface area contributed by atoms with Gasteiger partial charge in [-0.3, -0.25) is 9.69 Å². The largest absolute Gasteiger partial charge is 0.417 e. The van der Waals surface area contributed by atoms with E-state index in [0.29, 0.717) is 51.0 Å². The highest BCUT2D eigenvalue weighted by Gasteiger charge is 2.32. The summed E-state index contributed by atoms with van der Waals surface area (Å²) in [5, 5.41) is 2.89. The monoisotopic (exact) mass is 392 g/mol. The second kappa shape index (κ2) is 8.90. The molecular weight excluding hydrogens is 369 g/mol.